The molecule has 0 spiro atoms. The van der Waals surface area contributed by atoms with E-state index in [1.165, 1.54) is 29.5 Å². The lowest BCUT2D eigenvalue weighted by Gasteiger charge is -2.22. The molecule has 1 atom stereocenters. The quantitative estimate of drug-likeness (QED) is 0.830. The molecule has 3 rings (SSSR count). The zero-order valence-corrected chi connectivity index (χ0v) is 15.3. The lowest BCUT2D eigenvalue weighted by atomic mass is 10.0. The van der Waals surface area contributed by atoms with Gasteiger partial charge in [-0.3, -0.25) is 4.79 Å². The molecule has 1 saturated heterocycles. The van der Waals surface area contributed by atoms with Crippen LogP contribution >= 0.6 is 11.3 Å². The summed E-state index contributed by atoms with van der Waals surface area (Å²) in [7, 11) is -3.06. The van der Waals surface area contributed by atoms with E-state index in [9.17, 15) is 17.6 Å². The van der Waals surface area contributed by atoms with Crippen LogP contribution in [0.4, 0.5) is 4.39 Å². The normalized spacial score (nSPS) is 22.3. The average molecular weight is 379 g/mol. The Balaban J connectivity index is 1.64. The van der Waals surface area contributed by atoms with E-state index < -0.39 is 15.4 Å². The number of carbonyl (C=O) groups is 1. The third kappa shape index (κ3) is 4.55. The van der Waals surface area contributed by atoms with Crippen molar-refractivity contribution in [3.63, 3.8) is 0 Å². The number of amides is 1. The van der Waals surface area contributed by atoms with Gasteiger partial charge in [0.25, 0.3) is 0 Å². The fourth-order valence-electron chi connectivity index (χ4n) is 2.82. The van der Waals surface area contributed by atoms with Gasteiger partial charge in [0.05, 0.1) is 17.0 Å². The zero-order chi connectivity index (χ0) is 18.1. The number of carbonyl (C=O) groups excluding carboxylic acids is 1. The zero-order valence-electron chi connectivity index (χ0n) is 13.7. The van der Waals surface area contributed by atoms with Crippen molar-refractivity contribution in [2.75, 3.05) is 11.5 Å². The average Bonchev–Trinajstić information content (AvgIpc) is 3.10. The van der Waals surface area contributed by atoms with Gasteiger partial charge in [0, 0.05) is 15.8 Å². The first-order valence-corrected chi connectivity index (χ1v) is 10.4. The predicted octanol–water partition coefficient (Wildman–Crippen LogP) is 3.26. The van der Waals surface area contributed by atoms with E-state index in [1.807, 2.05) is 12.1 Å². The van der Waals surface area contributed by atoms with Crippen molar-refractivity contribution in [2.45, 2.75) is 18.9 Å². The molecule has 132 valence electrons. The molecule has 1 fully saturated rings. The summed E-state index contributed by atoms with van der Waals surface area (Å²) in [6, 6.07) is 10.0. The fourth-order valence-corrected chi connectivity index (χ4v) is 5.83. The fraction of sp³-hybridized carbons (Fsp3) is 0.278. The standard InChI is InChI=1S/C18H18FNO3S2/c1-18(10-11-25(22,23)12-18)20-17(21)9-7-15-6-8-16(24-15)13-2-4-14(19)5-3-13/h2-9H,10-12H2,1H3,(H,20,21)/b9-7+. The number of halogens is 1. The number of hydrogen-bond donors (Lipinski definition) is 1. The van der Waals surface area contributed by atoms with E-state index in [2.05, 4.69) is 5.32 Å². The van der Waals surface area contributed by atoms with Crippen molar-refractivity contribution >= 4 is 33.2 Å². The summed E-state index contributed by atoms with van der Waals surface area (Å²) in [6.07, 6.45) is 3.54. The Labute approximate surface area is 150 Å². The van der Waals surface area contributed by atoms with Gasteiger partial charge in [0.15, 0.2) is 9.84 Å². The third-order valence-electron chi connectivity index (χ3n) is 4.08. The van der Waals surface area contributed by atoms with Gasteiger partial charge in [0.1, 0.15) is 5.82 Å². The van der Waals surface area contributed by atoms with E-state index in [0.29, 0.717) is 6.42 Å². The van der Waals surface area contributed by atoms with Crippen LogP contribution in [0.25, 0.3) is 16.5 Å². The molecule has 0 saturated carbocycles. The highest BCUT2D eigenvalue weighted by atomic mass is 32.2. The minimum absolute atomic E-state index is 0.0205. The van der Waals surface area contributed by atoms with Gasteiger partial charge in [-0.1, -0.05) is 12.1 Å². The molecule has 1 aromatic carbocycles. The van der Waals surface area contributed by atoms with E-state index in [-0.39, 0.29) is 23.2 Å². The highest BCUT2D eigenvalue weighted by Crippen LogP contribution is 2.29. The number of rotatable bonds is 4. The van der Waals surface area contributed by atoms with Crippen LogP contribution in [0.15, 0.2) is 42.5 Å². The molecule has 0 bridgehead atoms. The highest BCUT2D eigenvalue weighted by molar-refractivity contribution is 7.91. The molecule has 2 aromatic rings. The molecular formula is C18H18FNO3S2. The minimum Gasteiger partial charge on any atom is -0.346 e. The van der Waals surface area contributed by atoms with Crippen LogP contribution in [0.1, 0.15) is 18.2 Å². The molecule has 25 heavy (non-hydrogen) atoms. The van der Waals surface area contributed by atoms with Gasteiger partial charge < -0.3 is 5.32 Å². The Morgan fingerprint density at radius 1 is 1.24 bits per heavy atom. The molecule has 1 amide bonds. The lowest BCUT2D eigenvalue weighted by Crippen LogP contribution is -2.46. The lowest BCUT2D eigenvalue weighted by molar-refractivity contribution is -0.117. The summed E-state index contributed by atoms with van der Waals surface area (Å²) in [5, 5.41) is 2.78. The van der Waals surface area contributed by atoms with Crippen LogP contribution in [-0.4, -0.2) is 31.4 Å². The second-order valence-corrected chi connectivity index (χ2v) is 9.73. The third-order valence-corrected chi connectivity index (χ3v) is 7.09. The van der Waals surface area contributed by atoms with Gasteiger partial charge in [-0.15, -0.1) is 11.3 Å². The Kier molecular flexibility index (Phi) is 4.79. The first kappa shape index (κ1) is 17.8. The topological polar surface area (TPSA) is 63.2 Å². The molecule has 1 aromatic heterocycles. The van der Waals surface area contributed by atoms with Crippen molar-refractivity contribution in [1.29, 1.82) is 0 Å². The minimum atomic E-state index is -3.06. The van der Waals surface area contributed by atoms with E-state index in [0.717, 1.165) is 15.3 Å². The molecule has 1 aliphatic heterocycles. The molecular weight excluding hydrogens is 361 g/mol. The number of sulfone groups is 1. The predicted molar refractivity (Wildman–Crippen MR) is 98.6 cm³/mol. The Morgan fingerprint density at radius 2 is 1.96 bits per heavy atom. The van der Waals surface area contributed by atoms with Crippen LogP contribution < -0.4 is 5.32 Å². The maximum Gasteiger partial charge on any atom is 0.244 e. The molecule has 0 aliphatic carbocycles. The second kappa shape index (κ2) is 6.72. The van der Waals surface area contributed by atoms with Crippen LogP contribution in [0.2, 0.25) is 0 Å². The molecule has 1 N–H and O–H groups in total. The summed E-state index contributed by atoms with van der Waals surface area (Å²) in [5.41, 5.74) is 0.216. The van der Waals surface area contributed by atoms with Gasteiger partial charge in [-0.25, -0.2) is 12.8 Å². The number of benzene rings is 1. The van der Waals surface area contributed by atoms with Crippen molar-refractivity contribution in [3.8, 4) is 10.4 Å². The first-order valence-electron chi connectivity index (χ1n) is 7.81. The Hall–Kier alpha value is -1.99. The molecule has 1 aliphatic rings. The molecule has 7 heteroatoms. The SMILES string of the molecule is CC1(NC(=O)/C=C/c2ccc(-c3ccc(F)cc3)s2)CCS(=O)(=O)C1. The molecule has 2 heterocycles. The van der Waals surface area contributed by atoms with Crippen LogP contribution in [0.3, 0.4) is 0 Å². The van der Waals surface area contributed by atoms with Crippen LogP contribution in [0, 0.1) is 5.82 Å². The molecule has 4 nitrogen and oxygen atoms in total. The maximum atomic E-state index is 13.0. The van der Waals surface area contributed by atoms with Crippen molar-refractivity contribution < 1.29 is 17.6 Å². The largest absolute Gasteiger partial charge is 0.346 e. The van der Waals surface area contributed by atoms with Crippen LogP contribution in [0.5, 0.6) is 0 Å². The molecule has 1 unspecified atom stereocenters. The first-order chi connectivity index (χ1) is 11.7. The monoisotopic (exact) mass is 379 g/mol. The van der Waals surface area contributed by atoms with Crippen molar-refractivity contribution in [3.05, 3.63) is 53.2 Å². The summed E-state index contributed by atoms with van der Waals surface area (Å²) in [6.45, 7) is 1.75. The Morgan fingerprint density at radius 3 is 2.60 bits per heavy atom. The number of nitrogens with one attached hydrogen (secondary N) is 1. The van der Waals surface area contributed by atoms with E-state index in [1.54, 1.807) is 25.1 Å². The van der Waals surface area contributed by atoms with Gasteiger partial charge >= 0.3 is 0 Å². The van der Waals surface area contributed by atoms with Crippen molar-refractivity contribution in [2.24, 2.45) is 0 Å². The highest BCUT2D eigenvalue weighted by Gasteiger charge is 2.39. The van der Waals surface area contributed by atoms with E-state index >= 15 is 0 Å². The van der Waals surface area contributed by atoms with Gasteiger partial charge in [-0.2, -0.15) is 0 Å². The summed E-state index contributed by atoms with van der Waals surface area (Å²) in [5.74, 6) is -0.497. The number of hydrogen-bond acceptors (Lipinski definition) is 4. The summed E-state index contributed by atoms with van der Waals surface area (Å²) >= 11 is 1.49. The maximum absolute atomic E-state index is 13.0. The smallest absolute Gasteiger partial charge is 0.244 e. The van der Waals surface area contributed by atoms with Crippen molar-refractivity contribution in [1.82, 2.24) is 5.32 Å². The van der Waals surface area contributed by atoms with Crippen LogP contribution in [-0.2, 0) is 14.6 Å². The summed E-state index contributed by atoms with van der Waals surface area (Å²) in [4.78, 5) is 13.9. The van der Waals surface area contributed by atoms with Gasteiger partial charge in [-0.05, 0) is 49.2 Å². The summed E-state index contributed by atoms with van der Waals surface area (Å²) < 4.78 is 36.1. The Bertz CT molecular complexity index is 916. The molecule has 0 radical (unpaired) electrons. The van der Waals surface area contributed by atoms with Gasteiger partial charge in [0.2, 0.25) is 5.91 Å². The van der Waals surface area contributed by atoms with E-state index in [4.69, 9.17) is 0 Å². The second-order valence-electron chi connectivity index (χ2n) is 6.43. The number of thiophene rings is 1.